The van der Waals surface area contributed by atoms with E-state index in [4.69, 9.17) is 11.6 Å². The van der Waals surface area contributed by atoms with Gasteiger partial charge in [-0.1, -0.05) is 174 Å². The standard InChI is InChI=1S/C52H47Cl/c1-51(2,3)45-33-43-39(31-41(45)35-20-12-8-13-21-35)32-44-46(37-24-16-17-25-37)47(38-22-14-9-15-23-38)50(52(4,5)6)49(48(43)44)42(30-34-18-10-7-11-19-34)36-26-28-40(53)29-27-36/h7-24,26-29,31-33H,25,30H2,1-6H3. The van der Waals surface area contributed by atoms with Gasteiger partial charge in [-0.25, -0.2) is 0 Å². The van der Waals surface area contributed by atoms with Gasteiger partial charge in [0.2, 0.25) is 0 Å². The fraction of sp³-hybridized carbons (Fsp3) is 0.192. The Morgan fingerprint density at radius 2 is 1.28 bits per heavy atom. The third-order valence-corrected chi connectivity index (χ3v) is 11.1. The summed E-state index contributed by atoms with van der Waals surface area (Å²) in [4.78, 5) is 0. The van der Waals surface area contributed by atoms with E-state index in [9.17, 15) is 0 Å². The Labute approximate surface area is 319 Å². The Hall–Kier alpha value is -5.17. The molecule has 0 atom stereocenters. The van der Waals surface area contributed by atoms with Crippen LogP contribution in [0.1, 0.15) is 81.3 Å². The Balaban J connectivity index is 1.70. The average molecular weight is 707 g/mol. The predicted octanol–water partition coefficient (Wildman–Crippen LogP) is 12.5. The first-order chi connectivity index (χ1) is 25.5. The zero-order valence-electron chi connectivity index (χ0n) is 31.7. The molecule has 0 saturated carbocycles. The zero-order chi connectivity index (χ0) is 36.9. The predicted molar refractivity (Wildman–Crippen MR) is 227 cm³/mol. The lowest BCUT2D eigenvalue weighted by atomic mass is 9.73. The Kier molecular flexibility index (Phi) is 9.00. The fourth-order valence-corrected chi connectivity index (χ4v) is 8.60. The molecule has 6 aromatic rings. The molecular weight excluding hydrogens is 660 g/mol. The van der Waals surface area contributed by atoms with E-state index in [1.54, 1.807) is 0 Å². The van der Waals surface area contributed by atoms with Crippen LogP contribution in [0.5, 0.6) is 0 Å². The molecule has 0 spiro atoms. The maximum Gasteiger partial charge on any atom is 0.0406 e. The van der Waals surface area contributed by atoms with Crippen LogP contribution in [-0.4, -0.2) is 0 Å². The molecule has 0 N–H and O–H groups in total. The molecule has 0 nitrogen and oxygen atoms in total. The summed E-state index contributed by atoms with van der Waals surface area (Å²) in [7, 11) is 0. The van der Waals surface area contributed by atoms with Gasteiger partial charge in [0.05, 0.1) is 0 Å². The zero-order valence-corrected chi connectivity index (χ0v) is 32.5. The lowest BCUT2D eigenvalue weighted by molar-refractivity contribution is 0.586. The van der Waals surface area contributed by atoms with E-state index in [0.717, 1.165) is 17.9 Å². The second-order valence-electron chi connectivity index (χ2n) is 16.6. The van der Waals surface area contributed by atoms with Crippen LogP contribution in [-0.2, 0) is 17.3 Å². The van der Waals surface area contributed by atoms with Crippen LogP contribution >= 0.6 is 11.6 Å². The van der Waals surface area contributed by atoms with E-state index in [1.165, 1.54) is 87.7 Å². The lowest BCUT2D eigenvalue weighted by Crippen LogP contribution is -2.30. The van der Waals surface area contributed by atoms with Crippen LogP contribution < -0.4 is 10.4 Å². The van der Waals surface area contributed by atoms with Crippen LogP contribution in [0.15, 0.2) is 146 Å². The number of rotatable bonds is 6. The largest absolute Gasteiger partial charge is 0.0843 e. The maximum atomic E-state index is 6.58. The van der Waals surface area contributed by atoms with Gasteiger partial charge in [-0.3, -0.25) is 0 Å². The molecule has 1 heteroatoms. The SMILES string of the molecule is CC(C)(C)c1cc2c(cc1-c1ccccc1)=Cc1c(C3=CC=CC3)c(-c3ccccc3)c(C(C)(C)C)c(=C(Cc3ccccc3)c3ccc(Cl)cc3)c1=2. The van der Waals surface area contributed by atoms with Gasteiger partial charge in [0.25, 0.3) is 0 Å². The number of allylic oxidation sites excluding steroid dienone is 4. The smallest absolute Gasteiger partial charge is 0.0406 e. The summed E-state index contributed by atoms with van der Waals surface area (Å²) in [5.41, 5.74) is 15.5. The Bertz CT molecular complexity index is 2630. The number of hydrogen-bond acceptors (Lipinski definition) is 0. The lowest BCUT2D eigenvalue weighted by Gasteiger charge is -2.30. The highest BCUT2D eigenvalue weighted by atomic mass is 35.5. The first kappa shape index (κ1) is 34.9. The van der Waals surface area contributed by atoms with E-state index < -0.39 is 0 Å². The summed E-state index contributed by atoms with van der Waals surface area (Å²) in [5.74, 6) is 0. The molecule has 0 fully saturated rings. The topological polar surface area (TPSA) is 0 Å². The molecule has 0 aromatic heterocycles. The molecule has 0 bridgehead atoms. The normalized spacial score (nSPS) is 14.1. The highest BCUT2D eigenvalue weighted by Crippen LogP contribution is 2.43. The van der Waals surface area contributed by atoms with Crippen molar-refractivity contribution in [1.82, 2.24) is 0 Å². The molecule has 0 aliphatic heterocycles. The van der Waals surface area contributed by atoms with Crippen molar-refractivity contribution in [2.75, 3.05) is 0 Å². The molecule has 262 valence electrons. The molecule has 0 heterocycles. The van der Waals surface area contributed by atoms with Crippen LogP contribution in [0.4, 0.5) is 0 Å². The van der Waals surface area contributed by atoms with Gasteiger partial charge in [-0.2, -0.15) is 0 Å². The molecular formula is C52H47Cl. The van der Waals surface area contributed by atoms with E-state index in [2.05, 4.69) is 181 Å². The minimum atomic E-state index is -0.204. The third-order valence-electron chi connectivity index (χ3n) is 10.8. The maximum absolute atomic E-state index is 6.58. The van der Waals surface area contributed by atoms with Gasteiger partial charge in [-0.15, -0.1) is 0 Å². The Morgan fingerprint density at radius 3 is 1.87 bits per heavy atom. The first-order valence-corrected chi connectivity index (χ1v) is 19.3. The summed E-state index contributed by atoms with van der Waals surface area (Å²) in [6.45, 7) is 14.2. The molecule has 2 aliphatic carbocycles. The summed E-state index contributed by atoms with van der Waals surface area (Å²) in [6, 6.07) is 46.5. The van der Waals surface area contributed by atoms with Crippen LogP contribution in [0.3, 0.4) is 0 Å². The van der Waals surface area contributed by atoms with Crippen LogP contribution in [0, 0.1) is 10.4 Å². The summed E-state index contributed by atoms with van der Waals surface area (Å²) < 4.78 is 0. The highest BCUT2D eigenvalue weighted by molar-refractivity contribution is 6.30. The van der Waals surface area contributed by atoms with Gasteiger partial charge in [-0.05, 0) is 142 Å². The second kappa shape index (κ2) is 13.7. The van der Waals surface area contributed by atoms with Gasteiger partial charge in [0.15, 0.2) is 0 Å². The highest BCUT2D eigenvalue weighted by Gasteiger charge is 2.31. The number of hydrogen-bond donors (Lipinski definition) is 0. The molecule has 0 amide bonds. The molecule has 0 radical (unpaired) electrons. The first-order valence-electron chi connectivity index (χ1n) is 18.9. The van der Waals surface area contributed by atoms with Crippen molar-refractivity contribution in [2.45, 2.75) is 65.2 Å². The van der Waals surface area contributed by atoms with Crippen LogP contribution in [0.25, 0.3) is 39.5 Å². The van der Waals surface area contributed by atoms with Gasteiger partial charge in [0, 0.05) is 5.02 Å². The number of benzene rings is 6. The summed E-state index contributed by atoms with van der Waals surface area (Å²) >= 11 is 6.58. The molecule has 53 heavy (non-hydrogen) atoms. The van der Waals surface area contributed by atoms with Crippen molar-refractivity contribution >= 4 is 28.8 Å². The van der Waals surface area contributed by atoms with Crippen molar-refractivity contribution in [1.29, 1.82) is 0 Å². The van der Waals surface area contributed by atoms with Crippen molar-refractivity contribution in [2.24, 2.45) is 0 Å². The summed E-state index contributed by atoms with van der Waals surface area (Å²) in [5, 5.41) is 6.03. The van der Waals surface area contributed by atoms with Gasteiger partial charge in [0.1, 0.15) is 0 Å². The quantitative estimate of drug-likeness (QED) is 0.161. The van der Waals surface area contributed by atoms with Crippen molar-refractivity contribution in [3.05, 3.63) is 205 Å². The molecule has 2 aliphatic rings. The average Bonchev–Trinajstić information content (AvgIpc) is 3.82. The molecule has 6 aromatic carbocycles. The van der Waals surface area contributed by atoms with E-state index in [1.807, 2.05) is 12.1 Å². The van der Waals surface area contributed by atoms with Crippen molar-refractivity contribution in [3.8, 4) is 22.3 Å². The third kappa shape index (κ3) is 6.55. The second-order valence-corrected chi connectivity index (χ2v) is 17.1. The van der Waals surface area contributed by atoms with Crippen molar-refractivity contribution in [3.63, 3.8) is 0 Å². The fourth-order valence-electron chi connectivity index (χ4n) is 8.48. The molecule has 8 rings (SSSR count). The van der Waals surface area contributed by atoms with Crippen LogP contribution in [0.2, 0.25) is 5.02 Å². The minimum absolute atomic E-state index is 0.0759. The summed E-state index contributed by atoms with van der Waals surface area (Å²) in [6.07, 6.45) is 11.1. The number of halogens is 1. The number of fused-ring (bicyclic) bond motifs is 2. The van der Waals surface area contributed by atoms with Crippen molar-refractivity contribution < 1.29 is 0 Å². The van der Waals surface area contributed by atoms with E-state index >= 15 is 0 Å². The Morgan fingerprint density at radius 1 is 0.660 bits per heavy atom. The van der Waals surface area contributed by atoms with Gasteiger partial charge >= 0.3 is 0 Å². The molecule has 0 saturated heterocycles. The minimum Gasteiger partial charge on any atom is -0.0843 e. The molecule has 0 unspecified atom stereocenters. The van der Waals surface area contributed by atoms with E-state index in [-0.39, 0.29) is 10.8 Å². The monoisotopic (exact) mass is 706 g/mol. The van der Waals surface area contributed by atoms with E-state index in [0.29, 0.717) is 0 Å². The van der Waals surface area contributed by atoms with Gasteiger partial charge < -0.3 is 0 Å².